The number of carboxylic acid groups (broad SMARTS) is 1. The second kappa shape index (κ2) is 7.90. The van der Waals surface area contributed by atoms with Gasteiger partial charge in [-0.25, -0.2) is 0 Å². The van der Waals surface area contributed by atoms with Crippen LogP contribution in [0.5, 0.6) is 0 Å². The standard InChI is InChI=1S/C26H42O4/c1-5-17-21-14-16(27)10-12-26(21,4)20-11-13-25(3)18(15(2)6-9-22(28)29)7-8-19(25)23(20)24(17)30/h15-21,23,27H,5-14H2,1-4H3,(H,28,29)/t15-,16-,17-,18-,19+,20+,21+,23+,25-,26-/m1/s1/i1D3,5D2. The van der Waals surface area contributed by atoms with Gasteiger partial charge in [0.1, 0.15) is 5.78 Å². The second-order valence-electron chi connectivity index (χ2n) is 11.4. The van der Waals surface area contributed by atoms with E-state index in [2.05, 4.69) is 20.8 Å². The van der Waals surface area contributed by atoms with Crippen molar-refractivity contribution in [2.24, 2.45) is 52.3 Å². The van der Waals surface area contributed by atoms with Gasteiger partial charge in [-0.1, -0.05) is 27.6 Å². The monoisotopic (exact) mass is 423 g/mol. The highest BCUT2D eigenvalue weighted by Crippen LogP contribution is 2.68. The molecule has 4 rings (SSSR count). The van der Waals surface area contributed by atoms with Crippen LogP contribution in [0.1, 0.15) is 98.6 Å². The molecule has 170 valence electrons. The molecule has 0 amide bonds. The number of carbonyl (C=O) groups is 2. The zero-order valence-corrected chi connectivity index (χ0v) is 18.7. The molecule has 0 aliphatic heterocycles. The van der Waals surface area contributed by atoms with Crippen LogP contribution in [-0.4, -0.2) is 28.1 Å². The van der Waals surface area contributed by atoms with Crippen LogP contribution in [0.15, 0.2) is 0 Å². The first kappa shape index (κ1) is 16.7. The van der Waals surface area contributed by atoms with Crippen molar-refractivity contribution in [3.05, 3.63) is 0 Å². The smallest absolute Gasteiger partial charge is 0.303 e. The van der Waals surface area contributed by atoms with Gasteiger partial charge in [0, 0.05) is 25.1 Å². The maximum atomic E-state index is 14.3. The molecule has 0 spiro atoms. The minimum Gasteiger partial charge on any atom is -0.481 e. The van der Waals surface area contributed by atoms with Gasteiger partial charge in [0.05, 0.1) is 6.10 Å². The number of aliphatic carboxylic acids is 1. The Hall–Kier alpha value is -0.900. The predicted molar refractivity (Wildman–Crippen MR) is 117 cm³/mol. The van der Waals surface area contributed by atoms with Crippen molar-refractivity contribution in [2.45, 2.75) is 97.9 Å². The number of Topliss-reactive ketones (excluding diaryl/α,β-unsaturated/α-hetero) is 1. The first-order valence-corrected chi connectivity index (χ1v) is 12.0. The van der Waals surface area contributed by atoms with Crippen LogP contribution in [0.25, 0.3) is 0 Å². The van der Waals surface area contributed by atoms with Gasteiger partial charge in [-0.3, -0.25) is 9.59 Å². The van der Waals surface area contributed by atoms with Crippen molar-refractivity contribution in [3.63, 3.8) is 0 Å². The van der Waals surface area contributed by atoms with Gasteiger partial charge in [-0.15, -0.1) is 0 Å². The Balaban J connectivity index is 1.73. The molecule has 0 aromatic heterocycles. The summed E-state index contributed by atoms with van der Waals surface area (Å²) in [4.78, 5) is 25.5. The third-order valence-electron chi connectivity index (χ3n) is 10.3. The summed E-state index contributed by atoms with van der Waals surface area (Å²) in [7, 11) is 0. The fraction of sp³-hybridized carbons (Fsp3) is 0.923. The summed E-state index contributed by atoms with van der Waals surface area (Å²) in [6.07, 6.45) is 2.58. The molecule has 4 fully saturated rings. The number of carbonyl (C=O) groups excluding carboxylic acids is 1. The van der Waals surface area contributed by atoms with Crippen molar-refractivity contribution < 1.29 is 26.7 Å². The second-order valence-corrected chi connectivity index (χ2v) is 11.4. The highest BCUT2D eigenvalue weighted by atomic mass is 16.4. The summed E-state index contributed by atoms with van der Waals surface area (Å²) >= 11 is 0. The Morgan fingerprint density at radius 3 is 2.57 bits per heavy atom. The van der Waals surface area contributed by atoms with Crippen molar-refractivity contribution in [1.29, 1.82) is 0 Å². The van der Waals surface area contributed by atoms with Gasteiger partial charge in [0.2, 0.25) is 0 Å². The molecule has 0 saturated heterocycles. The van der Waals surface area contributed by atoms with Crippen LogP contribution in [0.2, 0.25) is 0 Å². The van der Waals surface area contributed by atoms with Crippen LogP contribution in [-0.2, 0) is 9.59 Å². The van der Waals surface area contributed by atoms with Crippen molar-refractivity contribution >= 4 is 11.8 Å². The summed E-state index contributed by atoms with van der Waals surface area (Å²) in [5.41, 5.74) is -0.515. The number of ketones is 1. The summed E-state index contributed by atoms with van der Waals surface area (Å²) < 4.78 is 41.2. The van der Waals surface area contributed by atoms with Crippen LogP contribution in [0.3, 0.4) is 0 Å². The predicted octanol–water partition coefficient (Wildman–Crippen LogP) is 5.32. The first-order chi connectivity index (χ1) is 16.1. The summed E-state index contributed by atoms with van der Waals surface area (Å²) in [6, 6.07) is 0. The molecule has 0 aromatic rings. The average Bonchev–Trinajstić information content (AvgIpc) is 3.09. The number of fused-ring (bicyclic) bond motifs is 5. The van der Waals surface area contributed by atoms with E-state index in [-0.39, 0.29) is 53.1 Å². The Morgan fingerprint density at radius 1 is 1.17 bits per heavy atom. The molecule has 30 heavy (non-hydrogen) atoms. The molecule has 0 radical (unpaired) electrons. The van der Waals surface area contributed by atoms with Crippen LogP contribution in [0, 0.1) is 52.3 Å². The Bertz CT molecular complexity index is 859. The zero-order valence-electron chi connectivity index (χ0n) is 23.7. The van der Waals surface area contributed by atoms with E-state index in [4.69, 9.17) is 6.85 Å². The number of aliphatic hydroxyl groups is 1. The van der Waals surface area contributed by atoms with E-state index in [0.717, 1.165) is 25.7 Å². The fourth-order valence-corrected chi connectivity index (χ4v) is 8.70. The number of hydrogen-bond acceptors (Lipinski definition) is 3. The number of hydrogen-bond donors (Lipinski definition) is 2. The molecule has 0 unspecified atom stereocenters. The van der Waals surface area contributed by atoms with Crippen molar-refractivity contribution in [2.75, 3.05) is 0 Å². The van der Waals surface area contributed by atoms with E-state index in [1.807, 2.05) is 0 Å². The molecule has 0 aromatic carbocycles. The number of carboxylic acids is 1. The van der Waals surface area contributed by atoms with E-state index in [1.54, 1.807) is 0 Å². The lowest BCUT2D eigenvalue weighted by Gasteiger charge is -2.62. The first-order valence-electron chi connectivity index (χ1n) is 14.5. The summed E-state index contributed by atoms with van der Waals surface area (Å²) in [6.45, 7) is 3.56. The van der Waals surface area contributed by atoms with Gasteiger partial charge < -0.3 is 10.2 Å². The zero-order chi connectivity index (χ0) is 26.1. The lowest BCUT2D eigenvalue weighted by atomic mass is 9.42. The largest absolute Gasteiger partial charge is 0.481 e. The number of rotatable bonds is 5. The van der Waals surface area contributed by atoms with Crippen LogP contribution < -0.4 is 0 Å². The van der Waals surface area contributed by atoms with E-state index >= 15 is 0 Å². The highest BCUT2D eigenvalue weighted by molar-refractivity contribution is 5.86. The van der Waals surface area contributed by atoms with E-state index < -0.39 is 37.1 Å². The Labute approximate surface area is 189 Å². The molecule has 10 atom stereocenters. The average molecular weight is 424 g/mol. The van der Waals surface area contributed by atoms with E-state index in [0.29, 0.717) is 25.2 Å². The molecular weight excluding hydrogens is 376 g/mol. The molecule has 4 aliphatic carbocycles. The SMILES string of the molecule is [2H]C([2H])([2H])C([2H])([2H])[C@H]1C(=O)[C@@H]2[C@H](CC[C@]3(C)[C@@H]([C@H](C)CCC(=O)O)CC[C@@H]23)[C@@]2(C)CC[C@@H](O)C[C@@H]12. The molecular formula is C26H42O4. The van der Waals surface area contributed by atoms with Crippen molar-refractivity contribution in [3.8, 4) is 0 Å². The molecule has 4 nitrogen and oxygen atoms in total. The normalized spacial score (nSPS) is 52.5. The lowest BCUT2D eigenvalue weighted by molar-refractivity contribution is -0.173. The molecule has 4 heteroatoms. The maximum Gasteiger partial charge on any atom is 0.303 e. The maximum absolute atomic E-state index is 14.3. The Morgan fingerprint density at radius 2 is 1.87 bits per heavy atom. The third-order valence-corrected chi connectivity index (χ3v) is 10.3. The molecule has 0 bridgehead atoms. The number of aliphatic hydroxyl groups excluding tert-OH is 1. The minimum absolute atomic E-state index is 0.0607. The van der Waals surface area contributed by atoms with Crippen LogP contribution in [0.4, 0.5) is 0 Å². The highest BCUT2D eigenvalue weighted by Gasteiger charge is 2.65. The molecule has 4 saturated carbocycles. The van der Waals surface area contributed by atoms with Crippen molar-refractivity contribution in [1.82, 2.24) is 0 Å². The van der Waals surface area contributed by atoms with Gasteiger partial charge in [0.15, 0.2) is 0 Å². The van der Waals surface area contributed by atoms with Gasteiger partial charge in [0.25, 0.3) is 0 Å². The van der Waals surface area contributed by atoms with Gasteiger partial charge in [-0.05, 0) is 98.2 Å². The van der Waals surface area contributed by atoms with Crippen LogP contribution >= 0.6 is 0 Å². The lowest BCUT2D eigenvalue weighted by Crippen LogP contribution is -2.60. The van der Waals surface area contributed by atoms with Gasteiger partial charge >= 0.3 is 5.97 Å². The fourth-order valence-electron chi connectivity index (χ4n) is 8.70. The topological polar surface area (TPSA) is 74.6 Å². The molecule has 0 heterocycles. The Kier molecular flexibility index (Phi) is 4.40. The quantitative estimate of drug-likeness (QED) is 0.627. The van der Waals surface area contributed by atoms with Gasteiger partial charge in [-0.2, -0.15) is 0 Å². The summed E-state index contributed by atoms with van der Waals surface area (Å²) in [5.74, 6) is -2.48. The minimum atomic E-state index is -2.93. The van der Waals surface area contributed by atoms with E-state index in [9.17, 15) is 19.8 Å². The third kappa shape index (κ3) is 3.27. The molecule has 4 aliphatic rings. The van der Waals surface area contributed by atoms with E-state index in [1.165, 1.54) is 0 Å². The summed E-state index contributed by atoms with van der Waals surface area (Å²) in [5, 5.41) is 19.7. The molecule has 2 N–H and O–H groups in total.